The average molecular weight is 268 g/mol. The van der Waals surface area contributed by atoms with Crippen molar-refractivity contribution in [3.63, 3.8) is 0 Å². The Morgan fingerprint density at radius 2 is 1.65 bits per heavy atom. The fourth-order valence-corrected chi connectivity index (χ4v) is 4.57. The first-order valence-electron chi connectivity index (χ1n) is 8.37. The van der Waals surface area contributed by atoms with E-state index >= 15 is 0 Å². The van der Waals surface area contributed by atoms with Crippen molar-refractivity contribution >= 4 is 0 Å². The van der Waals surface area contributed by atoms with Gasteiger partial charge in [-0.25, -0.2) is 0 Å². The summed E-state index contributed by atoms with van der Waals surface area (Å²) in [5, 5.41) is 0. The summed E-state index contributed by atoms with van der Waals surface area (Å²) in [6, 6.07) is 11.2. The maximum atomic E-state index is 6.43. The Morgan fingerprint density at radius 3 is 2.55 bits per heavy atom. The molecule has 20 heavy (non-hydrogen) atoms. The second kappa shape index (κ2) is 5.27. The molecule has 0 saturated heterocycles. The quantitative estimate of drug-likeness (QED) is 0.681. The van der Waals surface area contributed by atoms with Crippen LogP contribution < -0.4 is 0 Å². The van der Waals surface area contributed by atoms with E-state index in [4.69, 9.17) is 4.74 Å². The normalized spacial score (nSPS) is 33.1. The molecule has 0 aromatic heterocycles. The van der Waals surface area contributed by atoms with Crippen LogP contribution >= 0.6 is 0 Å². The smallest absolute Gasteiger partial charge is 0.102 e. The van der Waals surface area contributed by atoms with Crippen LogP contribution in [0.4, 0.5) is 0 Å². The predicted molar refractivity (Wildman–Crippen MR) is 81.5 cm³/mol. The van der Waals surface area contributed by atoms with Crippen molar-refractivity contribution in [1.82, 2.24) is 0 Å². The molecule has 106 valence electrons. The Bertz CT molecular complexity index is 502. The van der Waals surface area contributed by atoms with E-state index in [9.17, 15) is 0 Å². The zero-order chi connectivity index (χ0) is 13.4. The lowest BCUT2D eigenvalue weighted by Crippen LogP contribution is -2.38. The molecule has 4 rings (SSSR count). The van der Waals surface area contributed by atoms with Crippen LogP contribution in [-0.2, 0) is 4.74 Å². The van der Waals surface area contributed by atoms with Crippen LogP contribution in [0.15, 0.2) is 41.7 Å². The van der Waals surface area contributed by atoms with E-state index in [0.29, 0.717) is 12.0 Å². The van der Waals surface area contributed by atoms with Gasteiger partial charge < -0.3 is 4.74 Å². The van der Waals surface area contributed by atoms with Crippen LogP contribution in [-0.4, -0.2) is 6.10 Å². The first-order valence-corrected chi connectivity index (χ1v) is 8.37. The van der Waals surface area contributed by atoms with Crippen molar-refractivity contribution in [3.05, 3.63) is 47.2 Å². The van der Waals surface area contributed by atoms with Gasteiger partial charge in [0.1, 0.15) is 6.10 Å². The molecule has 1 fully saturated rings. The maximum absolute atomic E-state index is 6.43. The highest BCUT2D eigenvalue weighted by atomic mass is 16.5. The molecule has 2 aliphatic carbocycles. The van der Waals surface area contributed by atoms with Crippen LogP contribution in [0.5, 0.6) is 0 Å². The summed E-state index contributed by atoms with van der Waals surface area (Å²) in [5.41, 5.74) is 3.17. The van der Waals surface area contributed by atoms with Gasteiger partial charge in [0.25, 0.3) is 0 Å². The van der Waals surface area contributed by atoms with Gasteiger partial charge in [0.05, 0.1) is 5.76 Å². The van der Waals surface area contributed by atoms with Crippen molar-refractivity contribution < 1.29 is 4.74 Å². The van der Waals surface area contributed by atoms with E-state index < -0.39 is 0 Å². The minimum Gasteiger partial charge on any atom is -0.494 e. The number of allylic oxidation sites excluding steroid dienone is 2. The minimum atomic E-state index is 0.491. The molecule has 1 aromatic carbocycles. The summed E-state index contributed by atoms with van der Waals surface area (Å²) in [7, 11) is 0. The summed E-state index contributed by atoms with van der Waals surface area (Å²) >= 11 is 0. The fourth-order valence-electron chi connectivity index (χ4n) is 4.57. The molecule has 0 N–H and O–H groups in total. The van der Waals surface area contributed by atoms with Gasteiger partial charge in [-0.2, -0.15) is 0 Å². The number of benzene rings is 1. The maximum Gasteiger partial charge on any atom is 0.102 e. The van der Waals surface area contributed by atoms with E-state index in [1.54, 1.807) is 5.57 Å². The lowest BCUT2D eigenvalue weighted by molar-refractivity contribution is -0.00234. The average Bonchev–Trinajstić information content (AvgIpc) is 2.53. The number of ether oxygens (including phenoxy) is 1. The molecule has 1 nitrogen and oxygen atoms in total. The monoisotopic (exact) mass is 268 g/mol. The summed E-state index contributed by atoms with van der Waals surface area (Å²) in [4.78, 5) is 0. The third-order valence-electron chi connectivity index (χ3n) is 5.47. The zero-order valence-electron chi connectivity index (χ0n) is 12.2. The molecule has 1 saturated carbocycles. The molecule has 1 heteroatoms. The van der Waals surface area contributed by atoms with Gasteiger partial charge in [-0.1, -0.05) is 36.8 Å². The summed E-state index contributed by atoms with van der Waals surface area (Å²) < 4.78 is 6.43. The second-order valence-corrected chi connectivity index (χ2v) is 6.65. The molecule has 1 aliphatic heterocycles. The molecule has 0 bridgehead atoms. The van der Waals surface area contributed by atoms with Gasteiger partial charge in [-0.15, -0.1) is 0 Å². The Balaban J connectivity index is 1.77. The van der Waals surface area contributed by atoms with Crippen molar-refractivity contribution in [3.8, 4) is 0 Å². The topological polar surface area (TPSA) is 9.23 Å². The Labute approximate surface area is 122 Å². The number of fused-ring (bicyclic) bond motifs is 1. The first kappa shape index (κ1) is 12.5. The molecular weight excluding hydrogens is 244 g/mol. The van der Waals surface area contributed by atoms with Gasteiger partial charge in [0, 0.05) is 18.3 Å². The van der Waals surface area contributed by atoms with Crippen LogP contribution in [0.2, 0.25) is 0 Å². The van der Waals surface area contributed by atoms with Crippen molar-refractivity contribution in [2.75, 3.05) is 0 Å². The van der Waals surface area contributed by atoms with E-state index in [1.807, 2.05) is 0 Å². The molecule has 1 aromatic rings. The van der Waals surface area contributed by atoms with Crippen molar-refractivity contribution in [2.24, 2.45) is 5.92 Å². The molecular formula is C19H24O. The highest BCUT2D eigenvalue weighted by Gasteiger charge is 2.41. The lowest BCUT2D eigenvalue weighted by atomic mass is 9.68. The molecule has 0 radical (unpaired) electrons. The summed E-state index contributed by atoms with van der Waals surface area (Å²) in [6.45, 7) is 0. The zero-order valence-corrected chi connectivity index (χ0v) is 12.2. The van der Waals surface area contributed by atoms with E-state index in [-0.39, 0.29) is 0 Å². The molecule has 3 atom stereocenters. The second-order valence-electron chi connectivity index (χ2n) is 6.65. The van der Waals surface area contributed by atoms with Gasteiger partial charge in [-0.05, 0) is 49.7 Å². The summed E-state index contributed by atoms with van der Waals surface area (Å²) in [5.74, 6) is 2.74. The Morgan fingerprint density at radius 1 is 0.850 bits per heavy atom. The molecule has 3 unspecified atom stereocenters. The predicted octanol–water partition coefficient (Wildman–Crippen LogP) is 5.19. The third-order valence-corrected chi connectivity index (χ3v) is 5.47. The van der Waals surface area contributed by atoms with Crippen LogP contribution in [0.3, 0.4) is 0 Å². The van der Waals surface area contributed by atoms with E-state index in [2.05, 4.69) is 30.3 Å². The van der Waals surface area contributed by atoms with Crippen LogP contribution in [0.1, 0.15) is 62.8 Å². The lowest BCUT2D eigenvalue weighted by Gasteiger charge is -2.45. The number of rotatable bonds is 1. The van der Waals surface area contributed by atoms with Crippen LogP contribution in [0.25, 0.3) is 0 Å². The highest BCUT2D eigenvalue weighted by Crippen LogP contribution is 2.50. The highest BCUT2D eigenvalue weighted by molar-refractivity contribution is 5.35. The van der Waals surface area contributed by atoms with E-state index in [1.165, 1.54) is 62.7 Å². The largest absolute Gasteiger partial charge is 0.494 e. The Hall–Kier alpha value is -1.24. The summed E-state index contributed by atoms with van der Waals surface area (Å²) in [6.07, 6.45) is 11.0. The number of hydrogen-bond acceptors (Lipinski definition) is 1. The minimum absolute atomic E-state index is 0.491. The molecule has 1 heterocycles. The molecule has 3 aliphatic rings. The molecule has 0 spiro atoms. The van der Waals surface area contributed by atoms with Gasteiger partial charge in [0.15, 0.2) is 0 Å². The SMILES string of the molecule is c1ccc(C2C3=C(CCCC3)OC3CCCCC32)cc1. The van der Waals surface area contributed by atoms with Gasteiger partial charge in [-0.3, -0.25) is 0 Å². The Kier molecular flexibility index (Phi) is 3.29. The van der Waals surface area contributed by atoms with Crippen molar-refractivity contribution in [1.29, 1.82) is 0 Å². The van der Waals surface area contributed by atoms with Crippen molar-refractivity contribution in [2.45, 2.75) is 63.4 Å². The van der Waals surface area contributed by atoms with Crippen LogP contribution in [0, 0.1) is 5.92 Å². The molecule has 0 amide bonds. The van der Waals surface area contributed by atoms with E-state index in [0.717, 1.165) is 5.92 Å². The third kappa shape index (κ3) is 2.08. The fraction of sp³-hybridized carbons (Fsp3) is 0.579. The van der Waals surface area contributed by atoms with Gasteiger partial charge >= 0.3 is 0 Å². The number of hydrogen-bond donors (Lipinski definition) is 0. The van der Waals surface area contributed by atoms with Gasteiger partial charge in [0.2, 0.25) is 0 Å². The first-order chi connectivity index (χ1) is 9.93. The standard InChI is InChI=1S/C19H24O/c1-2-8-14(9-3-1)19-15-10-4-6-12-17(15)20-18-13-7-5-11-16(18)19/h1-3,8-9,15,17,19H,4-7,10-13H2.